The summed E-state index contributed by atoms with van der Waals surface area (Å²) < 4.78 is 12.0. The highest BCUT2D eigenvalue weighted by Gasteiger charge is 2.21. The van der Waals surface area contributed by atoms with Crippen LogP contribution in [0.1, 0.15) is 25.4 Å². The van der Waals surface area contributed by atoms with Crippen LogP contribution in [-0.2, 0) is 27.3 Å². The van der Waals surface area contributed by atoms with Crippen molar-refractivity contribution in [1.82, 2.24) is 14.8 Å². The van der Waals surface area contributed by atoms with E-state index in [1.807, 2.05) is 0 Å². The van der Waals surface area contributed by atoms with Crippen LogP contribution in [-0.4, -0.2) is 38.5 Å². The molecule has 0 unspecified atom stereocenters. The zero-order chi connectivity index (χ0) is 16.8. The van der Waals surface area contributed by atoms with Gasteiger partial charge in [-0.2, -0.15) is 0 Å². The Bertz CT molecular complexity index is 668. The molecule has 0 spiro atoms. The molecule has 0 aliphatic heterocycles. The molecule has 0 aromatic carbocycles. The van der Waals surface area contributed by atoms with Gasteiger partial charge < -0.3 is 14.9 Å². The van der Waals surface area contributed by atoms with Crippen molar-refractivity contribution in [2.24, 2.45) is 5.73 Å². The van der Waals surface area contributed by atoms with E-state index < -0.39 is 11.2 Å². The highest BCUT2D eigenvalue weighted by atomic mass is 32.2. The van der Waals surface area contributed by atoms with Gasteiger partial charge in [0.2, 0.25) is 5.91 Å². The quantitative estimate of drug-likeness (QED) is 0.564. The lowest BCUT2D eigenvalue weighted by Crippen LogP contribution is -2.23. The molecule has 0 fully saturated rings. The molecule has 9 heteroatoms. The molecule has 2 heterocycles. The summed E-state index contributed by atoms with van der Waals surface area (Å²) in [6.07, 6.45) is 1.55. The van der Waals surface area contributed by atoms with E-state index in [0.29, 0.717) is 29.9 Å². The number of carbonyl (C=O) groups is 2. The normalized spacial score (nSPS) is 12.1. The third-order valence-electron chi connectivity index (χ3n) is 2.98. The molecule has 124 valence electrons. The monoisotopic (exact) mass is 338 g/mol. The number of furan rings is 1. The summed E-state index contributed by atoms with van der Waals surface area (Å²) in [6.45, 7) is 4.07. The van der Waals surface area contributed by atoms with Crippen LogP contribution in [0.15, 0.2) is 28.0 Å². The van der Waals surface area contributed by atoms with Crippen LogP contribution in [0.25, 0.3) is 0 Å². The van der Waals surface area contributed by atoms with Crippen LogP contribution in [0, 0.1) is 0 Å². The number of ether oxygens (including phenoxy) is 1. The minimum Gasteiger partial charge on any atom is -0.467 e. The average Bonchev–Trinajstić information content (AvgIpc) is 3.12. The first-order chi connectivity index (χ1) is 11.0. The van der Waals surface area contributed by atoms with Gasteiger partial charge in [-0.3, -0.25) is 14.2 Å². The fraction of sp³-hybridized carbons (Fsp3) is 0.429. The van der Waals surface area contributed by atoms with E-state index in [2.05, 4.69) is 10.2 Å². The molecule has 0 saturated heterocycles. The van der Waals surface area contributed by atoms with Crippen LogP contribution >= 0.6 is 11.8 Å². The Morgan fingerprint density at radius 1 is 1.48 bits per heavy atom. The van der Waals surface area contributed by atoms with Gasteiger partial charge >= 0.3 is 5.97 Å². The largest absolute Gasteiger partial charge is 0.467 e. The topological polar surface area (TPSA) is 113 Å². The third kappa shape index (κ3) is 4.59. The Balaban J connectivity index is 2.25. The second kappa shape index (κ2) is 7.82. The van der Waals surface area contributed by atoms with E-state index in [1.54, 1.807) is 36.8 Å². The molecule has 2 rings (SSSR count). The lowest BCUT2D eigenvalue weighted by atomic mass is 10.4. The number of amides is 1. The van der Waals surface area contributed by atoms with E-state index in [-0.39, 0.29) is 12.4 Å². The van der Waals surface area contributed by atoms with Gasteiger partial charge in [0.15, 0.2) is 5.16 Å². The lowest BCUT2D eigenvalue weighted by Gasteiger charge is -2.10. The van der Waals surface area contributed by atoms with Gasteiger partial charge in [0.1, 0.15) is 18.0 Å². The fourth-order valence-corrected chi connectivity index (χ4v) is 2.63. The lowest BCUT2D eigenvalue weighted by molar-refractivity contribution is -0.142. The molecule has 0 aliphatic rings. The van der Waals surface area contributed by atoms with Crippen molar-refractivity contribution < 1.29 is 18.7 Å². The molecule has 2 aromatic rings. The Morgan fingerprint density at radius 2 is 2.26 bits per heavy atom. The summed E-state index contributed by atoms with van der Waals surface area (Å²) in [7, 11) is 0. The maximum absolute atomic E-state index is 11.7. The molecule has 2 N–H and O–H groups in total. The Hall–Kier alpha value is -2.29. The highest BCUT2D eigenvalue weighted by Crippen LogP contribution is 2.23. The Labute approximate surface area is 137 Å². The van der Waals surface area contributed by atoms with Gasteiger partial charge in [-0.15, -0.1) is 10.2 Å². The number of esters is 1. The van der Waals surface area contributed by atoms with E-state index in [9.17, 15) is 9.59 Å². The van der Waals surface area contributed by atoms with Gasteiger partial charge in [0.05, 0.1) is 24.7 Å². The van der Waals surface area contributed by atoms with Crippen LogP contribution in [0.2, 0.25) is 0 Å². The van der Waals surface area contributed by atoms with Crippen molar-refractivity contribution in [3.63, 3.8) is 0 Å². The summed E-state index contributed by atoms with van der Waals surface area (Å²) in [6, 6.07) is 3.57. The maximum Gasteiger partial charge on any atom is 0.313 e. The first-order valence-corrected chi connectivity index (χ1v) is 7.95. The van der Waals surface area contributed by atoms with Crippen LogP contribution in [0.4, 0.5) is 0 Å². The molecule has 8 nitrogen and oxygen atoms in total. The molecule has 2 aromatic heterocycles. The third-order valence-corrected chi connectivity index (χ3v) is 4.08. The van der Waals surface area contributed by atoms with Crippen molar-refractivity contribution in [3.05, 3.63) is 30.0 Å². The molecule has 23 heavy (non-hydrogen) atoms. The summed E-state index contributed by atoms with van der Waals surface area (Å²) in [4.78, 5) is 23.0. The Kier molecular flexibility index (Phi) is 5.80. The standard InChI is InChI=1S/C14H18N4O4S/c1-3-21-12(19)7-11-16-17-14(23-9(2)13(15)20)18(11)8-10-5-4-6-22-10/h4-6,9H,3,7-8H2,1-2H3,(H2,15,20)/t9-/m0/s1. The molecular formula is C14H18N4O4S. The van der Waals surface area contributed by atoms with Gasteiger partial charge in [-0.25, -0.2) is 0 Å². The predicted molar refractivity (Wildman–Crippen MR) is 82.7 cm³/mol. The number of nitrogens with two attached hydrogens (primary N) is 1. The van der Waals surface area contributed by atoms with Gasteiger partial charge in [-0.05, 0) is 26.0 Å². The van der Waals surface area contributed by atoms with Gasteiger partial charge in [0.25, 0.3) is 0 Å². The first kappa shape index (κ1) is 17.1. The van der Waals surface area contributed by atoms with Crippen molar-refractivity contribution in [3.8, 4) is 0 Å². The second-order valence-corrected chi connectivity index (χ2v) is 6.02. The molecule has 1 amide bonds. The van der Waals surface area contributed by atoms with Crippen LogP contribution in [0.3, 0.4) is 0 Å². The average molecular weight is 338 g/mol. The van der Waals surface area contributed by atoms with Crippen molar-refractivity contribution in [2.75, 3.05) is 6.61 Å². The van der Waals surface area contributed by atoms with Crippen molar-refractivity contribution in [1.29, 1.82) is 0 Å². The zero-order valence-corrected chi connectivity index (χ0v) is 13.7. The smallest absolute Gasteiger partial charge is 0.313 e. The Morgan fingerprint density at radius 3 is 2.87 bits per heavy atom. The summed E-state index contributed by atoms with van der Waals surface area (Å²) >= 11 is 1.18. The maximum atomic E-state index is 11.7. The number of rotatable bonds is 8. The molecule has 0 aliphatic carbocycles. The molecule has 1 atom stereocenters. The number of carbonyl (C=O) groups excluding carboxylic acids is 2. The zero-order valence-electron chi connectivity index (χ0n) is 12.9. The van der Waals surface area contributed by atoms with Crippen LogP contribution < -0.4 is 5.73 Å². The van der Waals surface area contributed by atoms with E-state index >= 15 is 0 Å². The number of primary amides is 1. The molecular weight excluding hydrogens is 320 g/mol. The van der Waals surface area contributed by atoms with Crippen LogP contribution in [0.5, 0.6) is 0 Å². The second-order valence-electron chi connectivity index (χ2n) is 4.71. The van der Waals surface area contributed by atoms with Crippen molar-refractivity contribution >= 4 is 23.6 Å². The number of thioether (sulfide) groups is 1. The SMILES string of the molecule is CCOC(=O)Cc1nnc(S[C@@H](C)C(N)=O)n1Cc1ccco1. The highest BCUT2D eigenvalue weighted by molar-refractivity contribution is 8.00. The molecule has 0 radical (unpaired) electrons. The number of nitrogens with zero attached hydrogens (tertiary/aromatic N) is 3. The van der Waals surface area contributed by atoms with Gasteiger partial charge in [0, 0.05) is 0 Å². The minimum absolute atomic E-state index is 0.00688. The molecule has 0 saturated carbocycles. The summed E-state index contributed by atoms with van der Waals surface area (Å²) in [5.41, 5.74) is 5.29. The number of hydrogen-bond acceptors (Lipinski definition) is 7. The van der Waals surface area contributed by atoms with E-state index in [4.69, 9.17) is 14.9 Å². The van der Waals surface area contributed by atoms with E-state index in [0.717, 1.165) is 0 Å². The summed E-state index contributed by atoms with van der Waals surface area (Å²) in [5.74, 6) is 0.289. The van der Waals surface area contributed by atoms with E-state index in [1.165, 1.54) is 11.8 Å². The van der Waals surface area contributed by atoms with Gasteiger partial charge in [-0.1, -0.05) is 11.8 Å². The predicted octanol–water partition coefficient (Wildman–Crippen LogP) is 0.991. The minimum atomic E-state index is -0.468. The fourth-order valence-electron chi connectivity index (χ4n) is 1.81. The van der Waals surface area contributed by atoms with Crippen molar-refractivity contribution in [2.45, 2.75) is 37.2 Å². The number of hydrogen-bond donors (Lipinski definition) is 1. The first-order valence-electron chi connectivity index (χ1n) is 7.07. The molecule has 0 bridgehead atoms. The number of aromatic nitrogens is 3. The summed E-state index contributed by atoms with van der Waals surface area (Å²) in [5, 5.41) is 8.10.